The van der Waals surface area contributed by atoms with Gasteiger partial charge in [0.2, 0.25) is 0 Å². The summed E-state index contributed by atoms with van der Waals surface area (Å²) in [5.41, 5.74) is 2.83. The third-order valence-electron chi connectivity index (χ3n) is 3.05. The molecule has 0 aliphatic carbocycles. The fourth-order valence-electron chi connectivity index (χ4n) is 1.80. The van der Waals surface area contributed by atoms with E-state index in [9.17, 15) is 9.59 Å². The van der Waals surface area contributed by atoms with Gasteiger partial charge >= 0.3 is 11.8 Å². The van der Waals surface area contributed by atoms with Gasteiger partial charge in [0.15, 0.2) is 0 Å². The predicted octanol–water partition coefficient (Wildman–Crippen LogP) is 1.02. The first kappa shape index (κ1) is 17.5. The van der Waals surface area contributed by atoms with E-state index in [1.54, 1.807) is 39.2 Å². The summed E-state index contributed by atoms with van der Waals surface area (Å²) in [6.07, 6.45) is 1.40. The lowest BCUT2D eigenvalue weighted by atomic mass is 10.2. The van der Waals surface area contributed by atoms with E-state index in [0.29, 0.717) is 30.2 Å². The molecule has 0 aromatic heterocycles. The van der Waals surface area contributed by atoms with E-state index in [1.807, 2.05) is 0 Å². The van der Waals surface area contributed by atoms with Crippen LogP contribution in [-0.4, -0.2) is 50.2 Å². The van der Waals surface area contributed by atoms with Crippen molar-refractivity contribution in [3.8, 4) is 11.5 Å². The average Bonchev–Trinajstić information content (AvgIpc) is 2.55. The van der Waals surface area contributed by atoms with Gasteiger partial charge in [-0.3, -0.25) is 9.59 Å². The van der Waals surface area contributed by atoms with Gasteiger partial charge in [0.05, 0.1) is 20.4 Å². The van der Waals surface area contributed by atoms with Crippen molar-refractivity contribution in [1.82, 2.24) is 10.3 Å². The second-order valence-electron chi connectivity index (χ2n) is 4.28. The number of nitrogens with zero attached hydrogens (tertiary/aromatic N) is 2. The first-order valence-electron chi connectivity index (χ1n) is 6.91. The zero-order valence-corrected chi connectivity index (χ0v) is 13.3. The minimum Gasteiger partial charge on any atom is -0.497 e. The quantitative estimate of drug-likeness (QED) is 0.483. The fourth-order valence-corrected chi connectivity index (χ4v) is 1.80. The highest BCUT2D eigenvalue weighted by atomic mass is 16.5. The maximum Gasteiger partial charge on any atom is 0.329 e. The van der Waals surface area contributed by atoms with E-state index in [0.717, 1.165) is 0 Å². The minimum absolute atomic E-state index is 0.468. The summed E-state index contributed by atoms with van der Waals surface area (Å²) in [5, 5.41) is 3.79. The number of carbonyl (C=O) groups excluding carboxylic acids is 2. The first-order valence-corrected chi connectivity index (χ1v) is 6.91. The van der Waals surface area contributed by atoms with Crippen LogP contribution in [0.1, 0.15) is 19.4 Å². The number of ether oxygens (including phenoxy) is 2. The van der Waals surface area contributed by atoms with Crippen LogP contribution in [-0.2, 0) is 9.59 Å². The molecule has 0 radical (unpaired) electrons. The monoisotopic (exact) mass is 307 g/mol. The normalized spacial score (nSPS) is 10.4. The Balaban J connectivity index is 2.77. The number of likely N-dealkylation sites (N-methyl/N-ethyl adjacent to an activating group) is 1. The highest BCUT2D eigenvalue weighted by molar-refractivity contribution is 6.34. The van der Waals surface area contributed by atoms with Crippen LogP contribution < -0.4 is 14.9 Å². The fraction of sp³-hybridized carbons (Fsp3) is 0.400. The van der Waals surface area contributed by atoms with Crippen LogP contribution in [0.4, 0.5) is 0 Å². The number of benzene rings is 1. The molecule has 1 N–H and O–H groups in total. The number of amides is 2. The molecule has 1 rings (SSSR count). The van der Waals surface area contributed by atoms with Gasteiger partial charge in [0, 0.05) is 18.7 Å². The maximum atomic E-state index is 11.8. The Labute approximate surface area is 129 Å². The summed E-state index contributed by atoms with van der Waals surface area (Å²) < 4.78 is 10.3. The topological polar surface area (TPSA) is 80.2 Å². The summed E-state index contributed by atoms with van der Waals surface area (Å²) in [6, 6.07) is 5.18. The van der Waals surface area contributed by atoms with Crippen LogP contribution in [0.15, 0.2) is 23.3 Å². The highest BCUT2D eigenvalue weighted by Gasteiger charge is 2.18. The average molecular weight is 307 g/mol. The van der Waals surface area contributed by atoms with Crippen LogP contribution in [0.5, 0.6) is 11.5 Å². The molecule has 7 heteroatoms. The Morgan fingerprint density at radius 3 is 2.45 bits per heavy atom. The Kier molecular flexibility index (Phi) is 6.88. The Bertz CT molecular complexity index is 554. The van der Waals surface area contributed by atoms with Crippen molar-refractivity contribution in [2.24, 2.45) is 5.10 Å². The van der Waals surface area contributed by atoms with E-state index in [-0.39, 0.29) is 0 Å². The van der Waals surface area contributed by atoms with Crippen molar-refractivity contribution in [1.29, 1.82) is 0 Å². The maximum absolute atomic E-state index is 11.8. The van der Waals surface area contributed by atoms with E-state index >= 15 is 0 Å². The lowest BCUT2D eigenvalue weighted by Gasteiger charge is -2.16. The van der Waals surface area contributed by atoms with E-state index < -0.39 is 11.8 Å². The molecule has 7 nitrogen and oxygen atoms in total. The molecule has 0 bridgehead atoms. The lowest BCUT2D eigenvalue weighted by Crippen LogP contribution is -2.41. The number of methoxy groups -OCH3 is 2. The smallest absolute Gasteiger partial charge is 0.329 e. The second-order valence-corrected chi connectivity index (χ2v) is 4.28. The van der Waals surface area contributed by atoms with Crippen molar-refractivity contribution in [3.05, 3.63) is 23.8 Å². The summed E-state index contributed by atoms with van der Waals surface area (Å²) >= 11 is 0. The summed E-state index contributed by atoms with van der Waals surface area (Å²) in [7, 11) is 3.08. The van der Waals surface area contributed by atoms with Gasteiger partial charge < -0.3 is 14.4 Å². The third kappa shape index (κ3) is 4.47. The van der Waals surface area contributed by atoms with Crippen molar-refractivity contribution >= 4 is 18.0 Å². The van der Waals surface area contributed by atoms with Gasteiger partial charge in [0.25, 0.3) is 0 Å². The molecule has 0 unspecified atom stereocenters. The number of nitrogens with one attached hydrogen (secondary N) is 1. The van der Waals surface area contributed by atoms with Crippen LogP contribution in [0.25, 0.3) is 0 Å². The number of carbonyl (C=O) groups is 2. The molecule has 1 aromatic carbocycles. The van der Waals surface area contributed by atoms with Crippen LogP contribution >= 0.6 is 0 Å². The van der Waals surface area contributed by atoms with Crippen LogP contribution in [0.2, 0.25) is 0 Å². The molecule has 0 spiro atoms. The van der Waals surface area contributed by atoms with E-state index in [4.69, 9.17) is 9.47 Å². The molecule has 120 valence electrons. The van der Waals surface area contributed by atoms with Gasteiger partial charge in [-0.2, -0.15) is 5.10 Å². The lowest BCUT2D eigenvalue weighted by molar-refractivity contribution is -0.145. The zero-order valence-electron chi connectivity index (χ0n) is 13.3. The molecule has 0 atom stereocenters. The molecule has 0 aliphatic heterocycles. The Morgan fingerprint density at radius 1 is 1.23 bits per heavy atom. The molecule has 1 aromatic rings. The Hall–Kier alpha value is -2.57. The number of hydrogen-bond donors (Lipinski definition) is 1. The highest BCUT2D eigenvalue weighted by Crippen LogP contribution is 2.22. The second kappa shape index (κ2) is 8.66. The van der Waals surface area contributed by atoms with Crippen molar-refractivity contribution in [2.75, 3.05) is 27.3 Å². The molecule has 0 heterocycles. The molecule has 0 fully saturated rings. The zero-order chi connectivity index (χ0) is 16.5. The number of rotatable bonds is 6. The van der Waals surface area contributed by atoms with Crippen LogP contribution in [0.3, 0.4) is 0 Å². The third-order valence-corrected chi connectivity index (χ3v) is 3.05. The molecule has 2 amide bonds. The molecular weight excluding hydrogens is 286 g/mol. The first-order chi connectivity index (χ1) is 10.6. The van der Waals surface area contributed by atoms with Gasteiger partial charge in [-0.1, -0.05) is 0 Å². The molecular formula is C15H21N3O4. The molecule has 0 aliphatic rings. The van der Waals surface area contributed by atoms with Gasteiger partial charge in [-0.05, 0) is 32.0 Å². The number of hydrazone groups is 1. The predicted molar refractivity (Wildman–Crippen MR) is 83.2 cm³/mol. The molecule has 0 saturated carbocycles. The van der Waals surface area contributed by atoms with Crippen molar-refractivity contribution < 1.29 is 19.1 Å². The largest absolute Gasteiger partial charge is 0.497 e. The summed E-state index contributed by atoms with van der Waals surface area (Å²) in [5.74, 6) is -0.178. The minimum atomic E-state index is -0.776. The van der Waals surface area contributed by atoms with Gasteiger partial charge in [-0.25, -0.2) is 5.43 Å². The van der Waals surface area contributed by atoms with Crippen LogP contribution in [0, 0.1) is 0 Å². The standard InChI is InChI=1S/C15H21N3O4/c1-5-18(6-2)15(20)14(19)17-16-10-11-9-12(21-3)7-8-13(11)22-4/h7-10H,5-6H2,1-4H3,(H,17,19)/b16-10+. The molecule has 22 heavy (non-hydrogen) atoms. The van der Waals surface area contributed by atoms with Crippen molar-refractivity contribution in [3.63, 3.8) is 0 Å². The summed E-state index contributed by atoms with van der Waals surface area (Å²) in [6.45, 7) is 4.55. The van der Waals surface area contributed by atoms with E-state index in [1.165, 1.54) is 18.2 Å². The SMILES string of the molecule is CCN(CC)C(=O)C(=O)N/N=C/c1cc(OC)ccc1OC. The van der Waals surface area contributed by atoms with Gasteiger partial charge in [-0.15, -0.1) is 0 Å². The van der Waals surface area contributed by atoms with Crippen molar-refractivity contribution in [2.45, 2.75) is 13.8 Å². The van der Waals surface area contributed by atoms with Gasteiger partial charge in [0.1, 0.15) is 11.5 Å². The Morgan fingerprint density at radius 2 is 1.91 bits per heavy atom. The number of hydrogen-bond acceptors (Lipinski definition) is 5. The van der Waals surface area contributed by atoms with E-state index in [2.05, 4.69) is 10.5 Å². The molecule has 0 saturated heterocycles. The summed E-state index contributed by atoms with van der Waals surface area (Å²) in [4.78, 5) is 24.9.